The molecule has 0 spiro atoms. The number of aromatic nitrogens is 1. The third-order valence-electron chi connectivity index (χ3n) is 7.20. The molecule has 0 saturated carbocycles. The summed E-state index contributed by atoms with van der Waals surface area (Å²) in [7, 11) is 0. The number of fused-ring (bicyclic) bond motifs is 2. The van der Waals surface area contributed by atoms with Crippen molar-refractivity contribution in [2.24, 2.45) is 0 Å². The number of hydrogen-bond donors (Lipinski definition) is 0. The summed E-state index contributed by atoms with van der Waals surface area (Å²) in [5.41, 5.74) is 4.50. The van der Waals surface area contributed by atoms with E-state index in [1.54, 1.807) is 0 Å². The van der Waals surface area contributed by atoms with Crippen LogP contribution in [0.2, 0.25) is 0 Å². The highest BCUT2D eigenvalue weighted by Crippen LogP contribution is 2.30. The van der Waals surface area contributed by atoms with Crippen LogP contribution >= 0.6 is 0 Å². The molecule has 0 bridgehead atoms. The first-order chi connectivity index (χ1) is 21.2. The Kier molecular flexibility index (Phi) is 8.94. The quantitative estimate of drug-likeness (QED) is 0.102. The third kappa shape index (κ3) is 7.60. The topological polar surface area (TPSA) is 70.8 Å². The highest BCUT2D eigenvalue weighted by Gasteiger charge is 2.11. The molecule has 216 valence electrons. The first-order valence-corrected chi connectivity index (χ1v) is 14.6. The summed E-state index contributed by atoms with van der Waals surface area (Å²) in [6, 6.07) is 37.8. The van der Waals surface area contributed by atoms with Crippen LogP contribution in [0.15, 0.2) is 120 Å². The lowest BCUT2D eigenvalue weighted by Crippen LogP contribution is -2.05. The van der Waals surface area contributed by atoms with Crippen LogP contribution in [0.3, 0.4) is 0 Å². The molecule has 6 nitrogen and oxygen atoms in total. The number of esters is 1. The summed E-state index contributed by atoms with van der Waals surface area (Å²) in [5.74, 6) is 1.98. The van der Waals surface area contributed by atoms with Crippen LogP contribution in [0.5, 0.6) is 11.5 Å². The van der Waals surface area contributed by atoms with Gasteiger partial charge >= 0.3 is 5.97 Å². The highest BCUT2D eigenvalue weighted by atomic mass is 16.5. The van der Waals surface area contributed by atoms with Gasteiger partial charge in [-0.1, -0.05) is 72.8 Å². The van der Waals surface area contributed by atoms with Crippen LogP contribution in [0.25, 0.3) is 33.3 Å². The Morgan fingerprint density at radius 1 is 0.651 bits per heavy atom. The Hall–Kier alpha value is -5.10. The van der Waals surface area contributed by atoms with E-state index in [9.17, 15) is 4.79 Å². The molecule has 0 aliphatic rings. The molecule has 0 atom stereocenters. The van der Waals surface area contributed by atoms with Gasteiger partial charge in [0.15, 0.2) is 5.58 Å². The lowest BCUT2D eigenvalue weighted by atomic mass is 10.1. The van der Waals surface area contributed by atoms with Crippen LogP contribution in [-0.2, 0) is 22.7 Å². The minimum atomic E-state index is -0.158. The number of unbranched alkanes of at least 4 members (excludes halogenated alkanes) is 2. The van der Waals surface area contributed by atoms with Gasteiger partial charge in [-0.05, 0) is 77.6 Å². The van der Waals surface area contributed by atoms with Crippen molar-refractivity contribution < 1.29 is 23.4 Å². The Morgan fingerprint density at radius 2 is 1.35 bits per heavy atom. The van der Waals surface area contributed by atoms with Crippen LogP contribution in [-0.4, -0.2) is 17.6 Å². The summed E-state index contributed by atoms with van der Waals surface area (Å²) >= 11 is 0. The molecule has 0 radical (unpaired) electrons. The molecular weight excluding hydrogens is 538 g/mol. The molecule has 1 heterocycles. The summed E-state index contributed by atoms with van der Waals surface area (Å²) in [4.78, 5) is 16.7. The van der Waals surface area contributed by atoms with Crippen LogP contribution in [0.4, 0.5) is 0 Å². The molecule has 43 heavy (non-hydrogen) atoms. The first kappa shape index (κ1) is 28.0. The van der Waals surface area contributed by atoms with Gasteiger partial charge in [0.05, 0.1) is 6.61 Å². The van der Waals surface area contributed by atoms with Crippen molar-refractivity contribution in [3.8, 4) is 23.0 Å². The fourth-order valence-electron chi connectivity index (χ4n) is 4.85. The average molecular weight is 572 g/mol. The van der Waals surface area contributed by atoms with Gasteiger partial charge in [0.2, 0.25) is 5.89 Å². The van der Waals surface area contributed by atoms with E-state index in [0.29, 0.717) is 37.7 Å². The lowest BCUT2D eigenvalue weighted by Gasteiger charge is -2.08. The summed E-state index contributed by atoms with van der Waals surface area (Å²) < 4.78 is 23.4. The van der Waals surface area contributed by atoms with Crippen molar-refractivity contribution in [2.75, 3.05) is 6.61 Å². The van der Waals surface area contributed by atoms with E-state index in [1.807, 2.05) is 97.1 Å². The second kappa shape index (κ2) is 13.7. The molecular formula is C37H33NO5. The second-order valence-electron chi connectivity index (χ2n) is 10.5. The number of oxazole rings is 1. The standard InChI is InChI=1S/C37H33NO5/c39-36(42-26-28-12-6-2-7-13-28)14-8-3-9-21-40-32-18-17-29-22-31(16-15-30(29)23-32)37-38-34-20-19-33(24-35(34)43-37)41-25-27-10-4-1-5-11-27/h1-2,4-7,10-13,15-20,22-24H,3,8-9,14,21,25-26H2. The van der Waals surface area contributed by atoms with E-state index >= 15 is 0 Å². The number of carbonyl (C=O) groups is 1. The van der Waals surface area contributed by atoms with Gasteiger partial charge in [-0.2, -0.15) is 0 Å². The van der Waals surface area contributed by atoms with E-state index in [2.05, 4.69) is 18.2 Å². The van der Waals surface area contributed by atoms with Crippen LogP contribution < -0.4 is 9.47 Å². The number of nitrogens with zero attached hydrogens (tertiary/aromatic N) is 1. The molecule has 0 aliphatic carbocycles. The number of benzene rings is 5. The molecule has 0 N–H and O–H groups in total. The van der Waals surface area contributed by atoms with Crippen molar-refractivity contribution in [2.45, 2.75) is 38.9 Å². The van der Waals surface area contributed by atoms with Gasteiger partial charge in [-0.3, -0.25) is 4.79 Å². The van der Waals surface area contributed by atoms with E-state index in [4.69, 9.17) is 23.6 Å². The maximum Gasteiger partial charge on any atom is 0.306 e. The van der Waals surface area contributed by atoms with Gasteiger partial charge in [0.1, 0.15) is 30.2 Å². The maximum absolute atomic E-state index is 12.0. The minimum absolute atomic E-state index is 0.158. The van der Waals surface area contributed by atoms with Gasteiger partial charge in [0, 0.05) is 18.1 Å². The first-order valence-electron chi connectivity index (χ1n) is 14.6. The van der Waals surface area contributed by atoms with Crippen LogP contribution in [0.1, 0.15) is 36.8 Å². The molecule has 0 aliphatic heterocycles. The van der Waals surface area contributed by atoms with Crippen LogP contribution in [0, 0.1) is 0 Å². The van der Waals surface area contributed by atoms with Crippen molar-refractivity contribution >= 4 is 27.8 Å². The number of ether oxygens (including phenoxy) is 3. The number of carbonyl (C=O) groups excluding carboxylic acids is 1. The Bertz CT molecular complexity index is 1800. The van der Waals surface area contributed by atoms with Gasteiger partial charge in [0.25, 0.3) is 0 Å². The summed E-state index contributed by atoms with van der Waals surface area (Å²) in [5, 5.41) is 2.16. The molecule has 0 unspecified atom stereocenters. The smallest absolute Gasteiger partial charge is 0.306 e. The molecule has 5 aromatic carbocycles. The minimum Gasteiger partial charge on any atom is -0.494 e. The largest absolute Gasteiger partial charge is 0.494 e. The molecule has 0 saturated heterocycles. The third-order valence-corrected chi connectivity index (χ3v) is 7.20. The van der Waals surface area contributed by atoms with Gasteiger partial charge < -0.3 is 18.6 Å². The molecule has 6 heteroatoms. The Labute approximate surface area is 250 Å². The van der Waals surface area contributed by atoms with E-state index < -0.39 is 0 Å². The zero-order valence-corrected chi connectivity index (χ0v) is 23.9. The monoisotopic (exact) mass is 571 g/mol. The normalized spacial score (nSPS) is 11.1. The summed E-state index contributed by atoms with van der Waals surface area (Å²) in [6.07, 6.45) is 2.99. The SMILES string of the molecule is O=C(CCCCCOc1ccc2cc(-c3nc4ccc(OCc5ccccc5)cc4o3)ccc2c1)OCc1ccccc1. The number of rotatable bonds is 13. The van der Waals surface area contributed by atoms with E-state index in [-0.39, 0.29) is 5.97 Å². The van der Waals surface area contributed by atoms with Crippen molar-refractivity contribution in [3.05, 3.63) is 126 Å². The van der Waals surface area contributed by atoms with E-state index in [1.165, 1.54) is 0 Å². The van der Waals surface area contributed by atoms with Gasteiger partial charge in [-0.25, -0.2) is 4.98 Å². The Balaban J connectivity index is 0.980. The van der Waals surface area contributed by atoms with E-state index in [0.717, 1.165) is 63.7 Å². The average Bonchev–Trinajstić information content (AvgIpc) is 3.49. The number of hydrogen-bond acceptors (Lipinski definition) is 6. The fourth-order valence-corrected chi connectivity index (χ4v) is 4.85. The molecule has 6 rings (SSSR count). The highest BCUT2D eigenvalue weighted by molar-refractivity contribution is 5.88. The predicted molar refractivity (Wildman–Crippen MR) is 168 cm³/mol. The lowest BCUT2D eigenvalue weighted by molar-refractivity contribution is -0.145. The molecule has 0 amide bonds. The van der Waals surface area contributed by atoms with Crippen molar-refractivity contribution in [3.63, 3.8) is 0 Å². The zero-order valence-electron chi connectivity index (χ0n) is 23.9. The molecule has 0 fully saturated rings. The van der Waals surface area contributed by atoms with Gasteiger partial charge in [-0.15, -0.1) is 0 Å². The fraction of sp³-hybridized carbons (Fsp3) is 0.189. The molecule has 1 aromatic heterocycles. The maximum atomic E-state index is 12.0. The van der Waals surface area contributed by atoms with Crippen molar-refractivity contribution in [1.82, 2.24) is 4.98 Å². The molecule has 6 aromatic rings. The van der Waals surface area contributed by atoms with Crippen molar-refractivity contribution in [1.29, 1.82) is 0 Å². The predicted octanol–water partition coefficient (Wildman–Crippen LogP) is 8.91. The second-order valence-corrected chi connectivity index (χ2v) is 10.5. The summed E-state index contributed by atoms with van der Waals surface area (Å²) in [6.45, 7) is 1.42. The zero-order chi connectivity index (χ0) is 29.3. The Morgan fingerprint density at radius 3 is 2.16 bits per heavy atom.